The summed E-state index contributed by atoms with van der Waals surface area (Å²) in [6, 6.07) is 7.61. The third kappa shape index (κ3) is 2.60. The lowest BCUT2D eigenvalue weighted by Gasteiger charge is -2.04. The third-order valence-electron chi connectivity index (χ3n) is 2.82. The number of carbonyl (C=O) groups is 1. The minimum atomic E-state index is -0.184. The molecule has 5 nitrogen and oxygen atoms in total. The van der Waals surface area contributed by atoms with Crippen molar-refractivity contribution in [3.63, 3.8) is 0 Å². The minimum absolute atomic E-state index is 0.184. The molecule has 2 aromatic heterocycles. The summed E-state index contributed by atoms with van der Waals surface area (Å²) in [6.07, 6.45) is 3.05. The van der Waals surface area contributed by atoms with Crippen molar-refractivity contribution in [2.45, 2.75) is 6.92 Å². The fraction of sp³-hybridized carbons (Fsp3) is 0.0714. The molecule has 0 aliphatic carbocycles. The topological polar surface area (TPSA) is 70.7 Å². The van der Waals surface area contributed by atoms with Gasteiger partial charge in [0, 0.05) is 22.8 Å². The largest absolute Gasteiger partial charge is 0.322 e. The predicted molar refractivity (Wildman–Crippen MR) is 78.8 cm³/mol. The molecule has 0 unspecified atom stereocenters. The van der Waals surface area contributed by atoms with Crippen molar-refractivity contribution < 1.29 is 4.79 Å². The van der Waals surface area contributed by atoms with Crippen LogP contribution in [0.3, 0.4) is 0 Å². The van der Waals surface area contributed by atoms with Gasteiger partial charge in [0.1, 0.15) is 0 Å². The average Bonchev–Trinajstić information content (AvgIpc) is 3.10. The van der Waals surface area contributed by atoms with Crippen molar-refractivity contribution in [2.75, 3.05) is 5.32 Å². The lowest BCUT2D eigenvalue weighted by Crippen LogP contribution is -2.10. The Bertz CT molecular complexity index is 716. The summed E-state index contributed by atoms with van der Waals surface area (Å²) < 4.78 is 0. The molecule has 1 aromatic carbocycles. The highest BCUT2D eigenvalue weighted by atomic mass is 32.1. The second-order valence-electron chi connectivity index (χ2n) is 4.27. The number of benzene rings is 1. The molecule has 0 aliphatic rings. The first-order chi connectivity index (χ1) is 9.72. The Morgan fingerprint density at radius 1 is 1.30 bits per heavy atom. The molecular formula is C14H12N4OS. The fourth-order valence-electron chi connectivity index (χ4n) is 1.80. The van der Waals surface area contributed by atoms with E-state index in [1.807, 2.05) is 36.6 Å². The van der Waals surface area contributed by atoms with Gasteiger partial charge in [0.25, 0.3) is 5.91 Å². The Morgan fingerprint density at radius 3 is 2.70 bits per heavy atom. The average molecular weight is 284 g/mol. The maximum absolute atomic E-state index is 11.9. The molecule has 0 radical (unpaired) electrons. The Morgan fingerprint density at radius 2 is 2.10 bits per heavy atom. The summed E-state index contributed by atoms with van der Waals surface area (Å²) in [5.41, 5.74) is 3.24. The van der Waals surface area contributed by atoms with E-state index in [1.165, 1.54) is 6.20 Å². The Labute approximate surface area is 119 Å². The zero-order chi connectivity index (χ0) is 13.9. The molecular weight excluding hydrogens is 272 g/mol. The third-order valence-corrected chi connectivity index (χ3v) is 3.59. The molecule has 0 fully saturated rings. The van der Waals surface area contributed by atoms with Crippen LogP contribution in [0.5, 0.6) is 0 Å². The van der Waals surface area contributed by atoms with Gasteiger partial charge >= 0.3 is 0 Å². The summed E-state index contributed by atoms with van der Waals surface area (Å²) in [5, 5.41) is 12.2. The van der Waals surface area contributed by atoms with E-state index < -0.39 is 0 Å². The number of nitrogens with zero attached hydrogens (tertiary/aromatic N) is 2. The van der Waals surface area contributed by atoms with Gasteiger partial charge in [0.15, 0.2) is 0 Å². The monoisotopic (exact) mass is 284 g/mol. The molecule has 0 saturated carbocycles. The van der Waals surface area contributed by atoms with Crippen LogP contribution >= 0.6 is 11.3 Å². The fourth-order valence-corrected chi connectivity index (χ4v) is 2.42. The smallest absolute Gasteiger partial charge is 0.258 e. The van der Waals surface area contributed by atoms with E-state index in [0.29, 0.717) is 5.56 Å². The molecule has 6 heteroatoms. The zero-order valence-electron chi connectivity index (χ0n) is 10.8. The first-order valence-corrected chi connectivity index (χ1v) is 6.93. The number of aryl methyl sites for hydroxylation is 1. The highest BCUT2D eigenvalue weighted by Crippen LogP contribution is 2.23. The molecule has 0 bridgehead atoms. The minimum Gasteiger partial charge on any atom is -0.322 e. The number of rotatable bonds is 3. The Kier molecular flexibility index (Phi) is 3.30. The van der Waals surface area contributed by atoms with Crippen LogP contribution in [-0.4, -0.2) is 21.1 Å². The predicted octanol–water partition coefficient (Wildman–Crippen LogP) is 3.09. The number of aromatic nitrogens is 3. The quantitative estimate of drug-likeness (QED) is 0.776. The van der Waals surface area contributed by atoms with E-state index in [1.54, 1.807) is 17.5 Å². The van der Waals surface area contributed by atoms with Crippen LogP contribution in [0.4, 0.5) is 5.69 Å². The van der Waals surface area contributed by atoms with Crippen molar-refractivity contribution in [2.24, 2.45) is 0 Å². The standard InChI is InChI=1S/C14H12N4OS/c1-9-17-13(8-20-9)10-2-4-12(5-3-10)18-14(19)11-6-15-16-7-11/h2-8H,1H3,(H,15,16)(H,18,19). The van der Waals surface area contributed by atoms with Crippen LogP contribution in [0.15, 0.2) is 42.0 Å². The summed E-state index contributed by atoms with van der Waals surface area (Å²) in [4.78, 5) is 16.3. The molecule has 2 heterocycles. The van der Waals surface area contributed by atoms with Crippen LogP contribution in [0.1, 0.15) is 15.4 Å². The highest BCUT2D eigenvalue weighted by Gasteiger charge is 2.07. The summed E-state index contributed by atoms with van der Waals surface area (Å²) in [6.45, 7) is 1.98. The number of hydrogen-bond acceptors (Lipinski definition) is 4. The number of amides is 1. The normalized spacial score (nSPS) is 10.4. The lowest BCUT2D eigenvalue weighted by atomic mass is 10.1. The van der Waals surface area contributed by atoms with Crippen molar-refractivity contribution in [3.05, 3.63) is 52.6 Å². The molecule has 100 valence electrons. The van der Waals surface area contributed by atoms with Crippen LogP contribution < -0.4 is 5.32 Å². The zero-order valence-corrected chi connectivity index (χ0v) is 11.6. The van der Waals surface area contributed by atoms with E-state index in [0.717, 1.165) is 22.0 Å². The van der Waals surface area contributed by atoms with Crippen molar-refractivity contribution in [3.8, 4) is 11.3 Å². The van der Waals surface area contributed by atoms with Gasteiger partial charge in [-0.05, 0) is 19.1 Å². The number of aromatic amines is 1. The van der Waals surface area contributed by atoms with E-state index in [-0.39, 0.29) is 5.91 Å². The molecule has 0 saturated heterocycles. The number of thiazole rings is 1. The number of anilines is 1. The highest BCUT2D eigenvalue weighted by molar-refractivity contribution is 7.09. The molecule has 0 spiro atoms. The van der Waals surface area contributed by atoms with Crippen LogP contribution in [0, 0.1) is 6.92 Å². The van der Waals surface area contributed by atoms with Crippen molar-refractivity contribution >= 4 is 22.9 Å². The van der Waals surface area contributed by atoms with Crippen LogP contribution in [0.25, 0.3) is 11.3 Å². The van der Waals surface area contributed by atoms with E-state index in [4.69, 9.17) is 0 Å². The molecule has 1 amide bonds. The summed E-state index contributed by atoms with van der Waals surface area (Å²) in [5.74, 6) is -0.184. The SMILES string of the molecule is Cc1nc(-c2ccc(NC(=O)c3cn[nH]c3)cc2)cs1. The van der Waals surface area contributed by atoms with Gasteiger partial charge < -0.3 is 5.32 Å². The van der Waals surface area contributed by atoms with Crippen molar-refractivity contribution in [1.29, 1.82) is 0 Å². The van der Waals surface area contributed by atoms with E-state index in [2.05, 4.69) is 20.5 Å². The Hall–Kier alpha value is -2.47. The second-order valence-corrected chi connectivity index (χ2v) is 5.33. The molecule has 0 aliphatic heterocycles. The molecule has 3 aromatic rings. The molecule has 0 atom stereocenters. The number of H-pyrrole nitrogens is 1. The molecule has 20 heavy (non-hydrogen) atoms. The maximum Gasteiger partial charge on any atom is 0.258 e. The van der Waals surface area contributed by atoms with Gasteiger partial charge in [-0.2, -0.15) is 5.10 Å². The summed E-state index contributed by atoms with van der Waals surface area (Å²) >= 11 is 1.62. The van der Waals surface area contributed by atoms with Gasteiger partial charge in [0.05, 0.1) is 22.5 Å². The number of hydrogen-bond donors (Lipinski definition) is 2. The second kappa shape index (κ2) is 5.26. The maximum atomic E-state index is 11.9. The molecule has 2 N–H and O–H groups in total. The van der Waals surface area contributed by atoms with Crippen LogP contribution in [-0.2, 0) is 0 Å². The first kappa shape index (κ1) is 12.6. The van der Waals surface area contributed by atoms with Gasteiger partial charge in [0.2, 0.25) is 0 Å². The van der Waals surface area contributed by atoms with Gasteiger partial charge in [-0.1, -0.05) is 12.1 Å². The first-order valence-electron chi connectivity index (χ1n) is 6.05. The number of carbonyl (C=O) groups excluding carboxylic acids is 1. The Balaban J connectivity index is 1.75. The van der Waals surface area contributed by atoms with Gasteiger partial charge in [-0.25, -0.2) is 4.98 Å². The lowest BCUT2D eigenvalue weighted by molar-refractivity contribution is 0.102. The molecule has 3 rings (SSSR count). The van der Waals surface area contributed by atoms with Gasteiger partial charge in [-0.3, -0.25) is 9.89 Å². The van der Waals surface area contributed by atoms with E-state index in [9.17, 15) is 4.79 Å². The number of nitrogens with one attached hydrogen (secondary N) is 2. The van der Waals surface area contributed by atoms with Crippen LogP contribution in [0.2, 0.25) is 0 Å². The summed E-state index contributed by atoms with van der Waals surface area (Å²) in [7, 11) is 0. The van der Waals surface area contributed by atoms with Gasteiger partial charge in [-0.15, -0.1) is 11.3 Å². The van der Waals surface area contributed by atoms with E-state index >= 15 is 0 Å². The van der Waals surface area contributed by atoms with Crippen molar-refractivity contribution in [1.82, 2.24) is 15.2 Å².